The number of rotatable bonds is 6. The summed E-state index contributed by atoms with van der Waals surface area (Å²) in [7, 11) is 0. The maximum absolute atomic E-state index is 11.0. The average molecular weight is 375 g/mol. The molecule has 4 nitrogen and oxygen atoms in total. The molecular weight excluding hydrogens is 350 g/mol. The predicted octanol–water partition coefficient (Wildman–Crippen LogP) is 5.19. The van der Waals surface area contributed by atoms with Gasteiger partial charge in [-0.05, 0) is 66.8 Å². The SMILES string of the molecule is C[C@@H](N[C@@H]1CC[C@@H](Oc2ccc(C(=O)O)cc2)C1)c1cccc2ccccc12. The van der Waals surface area contributed by atoms with Gasteiger partial charge in [0, 0.05) is 12.1 Å². The van der Waals surface area contributed by atoms with Crippen molar-refractivity contribution in [1.82, 2.24) is 5.32 Å². The average Bonchev–Trinajstić information content (AvgIpc) is 3.14. The van der Waals surface area contributed by atoms with E-state index in [0.717, 1.165) is 25.0 Å². The Labute approximate surface area is 165 Å². The number of hydrogen-bond donors (Lipinski definition) is 2. The molecule has 0 radical (unpaired) electrons. The van der Waals surface area contributed by atoms with Gasteiger partial charge in [0.25, 0.3) is 0 Å². The van der Waals surface area contributed by atoms with Crippen molar-refractivity contribution in [2.45, 2.75) is 44.4 Å². The number of benzene rings is 3. The molecule has 4 rings (SSSR count). The molecular formula is C24H25NO3. The number of ether oxygens (including phenoxy) is 1. The zero-order valence-corrected chi connectivity index (χ0v) is 16.0. The molecule has 0 aromatic heterocycles. The van der Waals surface area contributed by atoms with Crippen LogP contribution in [-0.4, -0.2) is 23.2 Å². The minimum absolute atomic E-state index is 0.160. The molecule has 1 aliphatic rings. The minimum atomic E-state index is -0.917. The van der Waals surface area contributed by atoms with Crippen LogP contribution in [0.3, 0.4) is 0 Å². The van der Waals surface area contributed by atoms with Gasteiger partial charge in [-0.25, -0.2) is 4.79 Å². The molecule has 0 heterocycles. The highest BCUT2D eigenvalue weighted by molar-refractivity contribution is 5.87. The zero-order valence-electron chi connectivity index (χ0n) is 16.0. The first-order valence-corrected chi connectivity index (χ1v) is 9.84. The van der Waals surface area contributed by atoms with E-state index >= 15 is 0 Å². The van der Waals surface area contributed by atoms with Crippen molar-refractivity contribution in [3.63, 3.8) is 0 Å². The van der Waals surface area contributed by atoms with Crippen LogP contribution in [0.15, 0.2) is 66.7 Å². The van der Waals surface area contributed by atoms with E-state index in [1.807, 2.05) is 0 Å². The van der Waals surface area contributed by atoms with E-state index in [9.17, 15) is 4.79 Å². The summed E-state index contributed by atoms with van der Waals surface area (Å²) in [6, 6.07) is 22.3. The van der Waals surface area contributed by atoms with E-state index in [-0.39, 0.29) is 17.7 Å². The summed E-state index contributed by atoms with van der Waals surface area (Å²) >= 11 is 0. The standard InChI is InChI=1S/C24H25NO3/c1-16(22-8-4-6-17-5-2-3-7-23(17)22)25-19-11-14-21(15-19)28-20-12-9-18(10-13-20)24(26)27/h2-10,12-13,16,19,21,25H,11,14-15H2,1H3,(H,26,27)/t16-,19-,21-/m1/s1. The predicted molar refractivity (Wildman–Crippen MR) is 111 cm³/mol. The molecule has 3 atom stereocenters. The van der Waals surface area contributed by atoms with Gasteiger partial charge in [-0.1, -0.05) is 42.5 Å². The zero-order chi connectivity index (χ0) is 19.5. The molecule has 2 N–H and O–H groups in total. The van der Waals surface area contributed by atoms with Gasteiger partial charge in [-0.3, -0.25) is 0 Å². The Morgan fingerprint density at radius 1 is 1.04 bits per heavy atom. The fraction of sp³-hybridized carbons (Fsp3) is 0.292. The van der Waals surface area contributed by atoms with Crippen LogP contribution in [0.5, 0.6) is 5.75 Å². The normalized spacial score (nSPS) is 20.2. The molecule has 3 aromatic rings. The smallest absolute Gasteiger partial charge is 0.335 e. The molecule has 1 fully saturated rings. The third kappa shape index (κ3) is 4.02. The second-order valence-corrected chi connectivity index (χ2v) is 7.54. The van der Waals surface area contributed by atoms with Gasteiger partial charge in [0.2, 0.25) is 0 Å². The van der Waals surface area contributed by atoms with Gasteiger partial charge in [-0.2, -0.15) is 0 Å². The molecule has 0 aliphatic heterocycles. The van der Waals surface area contributed by atoms with Crippen molar-refractivity contribution in [3.05, 3.63) is 77.9 Å². The number of fused-ring (bicyclic) bond motifs is 1. The summed E-state index contributed by atoms with van der Waals surface area (Å²) < 4.78 is 6.06. The van der Waals surface area contributed by atoms with Crippen LogP contribution >= 0.6 is 0 Å². The highest BCUT2D eigenvalue weighted by Gasteiger charge is 2.27. The highest BCUT2D eigenvalue weighted by atomic mass is 16.5. The van der Waals surface area contributed by atoms with E-state index in [1.54, 1.807) is 24.3 Å². The largest absolute Gasteiger partial charge is 0.490 e. The Balaban J connectivity index is 1.37. The lowest BCUT2D eigenvalue weighted by Gasteiger charge is -2.21. The Morgan fingerprint density at radius 2 is 1.79 bits per heavy atom. The van der Waals surface area contributed by atoms with Gasteiger partial charge in [0.05, 0.1) is 5.56 Å². The van der Waals surface area contributed by atoms with Gasteiger partial charge in [-0.15, -0.1) is 0 Å². The first-order chi connectivity index (χ1) is 13.6. The van der Waals surface area contributed by atoms with Crippen molar-refractivity contribution in [1.29, 1.82) is 0 Å². The summed E-state index contributed by atoms with van der Waals surface area (Å²) in [6.45, 7) is 2.22. The molecule has 0 spiro atoms. The molecule has 4 heteroatoms. The lowest BCUT2D eigenvalue weighted by Crippen LogP contribution is -2.30. The molecule has 1 saturated carbocycles. The Hall–Kier alpha value is -2.85. The fourth-order valence-corrected chi connectivity index (χ4v) is 4.14. The van der Waals surface area contributed by atoms with E-state index in [4.69, 9.17) is 9.84 Å². The van der Waals surface area contributed by atoms with Crippen LogP contribution in [0.25, 0.3) is 10.8 Å². The van der Waals surface area contributed by atoms with Crippen molar-refractivity contribution >= 4 is 16.7 Å². The fourth-order valence-electron chi connectivity index (χ4n) is 4.14. The van der Waals surface area contributed by atoms with Gasteiger partial charge >= 0.3 is 5.97 Å². The van der Waals surface area contributed by atoms with Crippen molar-refractivity contribution in [2.24, 2.45) is 0 Å². The van der Waals surface area contributed by atoms with Crippen LogP contribution in [0.2, 0.25) is 0 Å². The molecule has 0 saturated heterocycles. The van der Waals surface area contributed by atoms with Crippen LogP contribution in [-0.2, 0) is 0 Å². The second-order valence-electron chi connectivity index (χ2n) is 7.54. The maximum atomic E-state index is 11.0. The molecule has 144 valence electrons. The summed E-state index contributed by atoms with van der Waals surface area (Å²) in [5.74, 6) is -0.183. The van der Waals surface area contributed by atoms with Crippen LogP contribution in [0.4, 0.5) is 0 Å². The van der Waals surface area contributed by atoms with Gasteiger partial charge in [0.15, 0.2) is 0 Å². The van der Waals surface area contributed by atoms with Gasteiger partial charge < -0.3 is 15.2 Å². The first kappa shape index (κ1) is 18.5. The van der Waals surface area contributed by atoms with E-state index in [1.165, 1.54) is 16.3 Å². The third-order valence-corrected chi connectivity index (χ3v) is 5.56. The van der Waals surface area contributed by atoms with Crippen molar-refractivity contribution in [2.75, 3.05) is 0 Å². The van der Waals surface area contributed by atoms with E-state index in [2.05, 4.69) is 54.7 Å². The number of carbonyl (C=O) groups is 1. The molecule has 28 heavy (non-hydrogen) atoms. The Morgan fingerprint density at radius 3 is 2.57 bits per heavy atom. The summed E-state index contributed by atoms with van der Waals surface area (Å²) in [6.07, 6.45) is 3.19. The minimum Gasteiger partial charge on any atom is -0.490 e. The molecule has 1 aliphatic carbocycles. The third-order valence-electron chi connectivity index (χ3n) is 5.56. The molecule has 3 aromatic carbocycles. The molecule has 0 amide bonds. The van der Waals surface area contributed by atoms with Crippen LogP contribution in [0.1, 0.15) is 48.1 Å². The maximum Gasteiger partial charge on any atom is 0.335 e. The number of nitrogens with one attached hydrogen (secondary N) is 1. The first-order valence-electron chi connectivity index (χ1n) is 9.84. The molecule has 0 bridgehead atoms. The number of carboxylic acids is 1. The lowest BCUT2D eigenvalue weighted by molar-refractivity contribution is 0.0697. The van der Waals surface area contributed by atoms with Crippen LogP contribution < -0.4 is 10.1 Å². The number of aromatic carboxylic acids is 1. The Kier molecular flexibility index (Phi) is 5.31. The molecule has 0 unspecified atom stereocenters. The van der Waals surface area contributed by atoms with E-state index < -0.39 is 5.97 Å². The summed E-state index contributed by atoms with van der Waals surface area (Å²) in [5, 5.41) is 15.3. The summed E-state index contributed by atoms with van der Waals surface area (Å²) in [4.78, 5) is 11.0. The lowest BCUT2D eigenvalue weighted by atomic mass is 9.99. The number of carboxylic acid groups (broad SMARTS) is 1. The second kappa shape index (κ2) is 8.03. The van der Waals surface area contributed by atoms with E-state index in [0.29, 0.717) is 6.04 Å². The number of hydrogen-bond acceptors (Lipinski definition) is 3. The van der Waals surface area contributed by atoms with Crippen LogP contribution in [0, 0.1) is 0 Å². The van der Waals surface area contributed by atoms with Gasteiger partial charge in [0.1, 0.15) is 11.9 Å². The Bertz CT molecular complexity index is 962. The monoisotopic (exact) mass is 375 g/mol. The van der Waals surface area contributed by atoms with Crippen molar-refractivity contribution < 1.29 is 14.6 Å². The topological polar surface area (TPSA) is 58.6 Å². The van der Waals surface area contributed by atoms with Crippen molar-refractivity contribution in [3.8, 4) is 5.75 Å². The highest BCUT2D eigenvalue weighted by Crippen LogP contribution is 2.29. The quantitative estimate of drug-likeness (QED) is 0.623. The summed E-state index contributed by atoms with van der Waals surface area (Å²) in [5.41, 5.74) is 1.61.